The first-order valence-electron chi connectivity index (χ1n) is 9.13. The summed E-state index contributed by atoms with van der Waals surface area (Å²) in [5.74, 6) is 1.17. The molecule has 1 unspecified atom stereocenters. The molecule has 0 N–H and O–H groups in total. The molecular weight excluding hydrogens is 304 g/mol. The molecule has 1 atom stereocenters. The minimum absolute atomic E-state index is 0.0272. The number of nitrogens with zero attached hydrogens (tertiary/aromatic N) is 2. The van der Waals surface area contributed by atoms with Crippen molar-refractivity contribution in [1.82, 2.24) is 9.80 Å². The van der Waals surface area contributed by atoms with Crippen LogP contribution in [0, 0.1) is 5.92 Å². The highest BCUT2D eigenvalue weighted by Crippen LogP contribution is 2.27. The van der Waals surface area contributed by atoms with Gasteiger partial charge in [-0.2, -0.15) is 0 Å². The highest BCUT2D eigenvalue weighted by Gasteiger charge is 2.29. The van der Waals surface area contributed by atoms with Crippen LogP contribution in [0.25, 0.3) is 0 Å². The minimum atomic E-state index is 0.0272. The van der Waals surface area contributed by atoms with Crippen molar-refractivity contribution in [1.29, 1.82) is 0 Å². The lowest BCUT2D eigenvalue weighted by molar-refractivity contribution is -0.136. The van der Waals surface area contributed by atoms with Gasteiger partial charge in [0.1, 0.15) is 12.4 Å². The molecule has 3 aliphatic heterocycles. The molecule has 2 fully saturated rings. The third kappa shape index (κ3) is 3.42. The molecule has 0 aliphatic carbocycles. The molecule has 5 nitrogen and oxygen atoms in total. The standard InChI is InChI=1S/C19H26N2O3/c22-19(16-5-9-23-14-16)21-8-10-24-18-4-3-15(11-17(18)13-21)12-20-6-1-2-7-20/h3-4,11,16H,1-2,5-10,12-14H2. The summed E-state index contributed by atoms with van der Waals surface area (Å²) in [5, 5.41) is 0. The number of rotatable bonds is 3. The van der Waals surface area contributed by atoms with E-state index in [0.29, 0.717) is 32.9 Å². The van der Waals surface area contributed by atoms with Crippen molar-refractivity contribution in [2.75, 3.05) is 39.5 Å². The predicted octanol–water partition coefficient (Wildman–Crippen LogP) is 2.04. The van der Waals surface area contributed by atoms with Crippen LogP contribution in [0.3, 0.4) is 0 Å². The summed E-state index contributed by atoms with van der Waals surface area (Å²) in [6.45, 7) is 6.54. The van der Waals surface area contributed by atoms with Crippen LogP contribution in [0.1, 0.15) is 30.4 Å². The van der Waals surface area contributed by atoms with Gasteiger partial charge in [0.25, 0.3) is 0 Å². The molecule has 3 heterocycles. The molecule has 5 heteroatoms. The van der Waals surface area contributed by atoms with Crippen LogP contribution < -0.4 is 4.74 Å². The first-order chi connectivity index (χ1) is 11.8. The molecule has 0 radical (unpaired) electrons. The van der Waals surface area contributed by atoms with Gasteiger partial charge < -0.3 is 14.4 Å². The summed E-state index contributed by atoms with van der Waals surface area (Å²) < 4.78 is 11.3. The number of amides is 1. The average Bonchev–Trinajstić information content (AvgIpc) is 3.25. The minimum Gasteiger partial charge on any atom is -0.491 e. The third-order valence-corrected chi connectivity index (χ3v) is 5.30. The van der Waals surface area contributed by atoms with Crippen molar-refractivity contribution < 1.29 is 14.3 Å². The molecular formula is C19H26N2O3. The van der Waals surface area contributed by atoms with E-state index >= 15 is 0 Å². The Morgan fingerprint density at radius 1 is 1.17 bits per heavy atom. The van der Waals surface area contributed by atoms with Gasteiger partial charge in [0.05, 0.1) is 19.1 Å². The maximum atomic E-state index is 12.7. The van der Waals surface area contributed by atoms with Crippen LogP contribution in [0.15, 0.2) is 18.2 Å². The zero-order valence-electron chi connectivity index (χ0n) is 14.2. The predicted molar refractivity (Wildman–Crippen MR) is 90.8 cm³/mol. The Morgan fingerprint density at radius 3 is 2.83 bits per heavy atom. The second-order valence-corrected chi connectivity index (χ2v) is 7.09. The van der Waals surface area contributed by atoms with E-state index in [-0.39, 0.29) is 11.8 Å². The smallest absolute Gasteiger partial charge is 0.228 e. The van der Waals surface area contributed by atoms with Crippen LogP contribution >= 0.6 is 0 Å². The van der Waals surface area contributed by atoms with Crippen LogP contribution in [0.4, 0.5) is 0 Å². The van der Waals surface area contributed by atoms with Gasteiger partial charge >= 0.3 is 0 Å². The van der Waals surface area contributed by atoms with Gasteiger partial charge in [-0.05, 0) is 50.0 Å². The number of carbonyl (C=O) groups excluding carboxylic acids is 1. The molecule has 1 aromatic carbocycles. The zero-order chi connectivity index (χ0) is 16.4. The number of carbonyl (C=O) groups is 1. The summed E-state index contributed by atoms with van der Waals surface area (Å²) in [5.41, 5.74) is 2.45. The molecule has 0 bridgehead atoms. The quantitative estimate of drug-likeness (QED) is 0.850. The first kappa shape index (κ1) is 15.9. The Morgan fingerprint density at radius 2 is 2.04 bits per heavy atom. The monoisotopic (exact) mass is 330 g/mol. The fraction of sp³-hybridized carbons (Fsp3) is 0.632. The van der Waals surface area contributed by atoms with Gasteiger partial charge in [0.15, 0.2) is 0 Å². The number of likely N-dealkylation sites (tertiary alicyclic amines) is 1. The van der Waals surface area contributed by atoms with Gasteiger partial charge in [0, 0.05) is 25.3 Å². The molecule has 130 valence electrons. The number of fused-ring (bicyclic) bond motifs is 1. The van der Waals surface area contributed by atoms with Crippen LogP contribution in [0.2, 0.25) is 0 Å². The summed E-state index contributed by atoms with van der Waals surface area (Å²) >= 11 is 0. The lowest BCUT2D eigenvalue weighted by atomic mass is 10.1. The summed E-state index contributed by atoms with van der Waals surface area (Å²) in [6.07, 6.45) is 3.46. The summed E-state index contributed by atoms with van der Waals surface area (Å²) in [6, 6.07) is 6.47. The van der Waals surface area contributed by atoms with E-state index in [1.54, 1.807) is 0 Å². The van der Waals surface area contributed by atoms with Crippen molar-refractivity contribution in [2.45, 2.75) is 32.4 Å². The van der Waals surface area contributed by atoms with Gasteiger partial charge in [-0.3, -0.25) is 9.69 Å². The Bertz CT molecular complexity index is 592. The molecule has 3 aliphatic rings. The molecule has 2 saturated heterocycles. The lowest BCUT2D eigenvalue weighted by Crippen LogP contribution is -2.37. The third-order valence-electron chi connectivity index (χ3n) is 5.30. The normalized spacial score (nSPS) is 24.5. The van der Waals surface area contributed by atoms with Crippen molar-refractivity contribution in [2.24, 2.45) is 5.92 Å². The molecule has 4 rings (SSSR count). The van der Waals surface area contributed by atoms with Gasteiger partial charge in [-0.25, -0.2) is 0 Å². The van der Waals surface area contributed by atoms with Crippen molar-refractivity contribution in [3.8, 4) is 5.75 Å². The Balaban J connectivity index is 1.48. The number of benzene rings is 1. The van der Waals surface area contributed by atoms with Gasteiger partial charge in [-0.1, -0.05) is 6.07 Å². The summed E-state index contributed by atoms with van der Waals surface area (Å²) in [4.78, 5) is 17.2. The fourth-order valence-electron chi connectivity index (χ4n) is 3.92. The second kappa shape index (κ2) is 7.11. The molecule has 0 saturated carbocycles. The van der Waals surface area contributed by atoms with E-state index in [4.69, 9.17) is 9.47 Å². The fourth-order valence-corrected chi connectivity index (χ4v) is 3.92. The Kier molecular flexibility index (Phi) is 4.72. The van der Waals surface area contributed by atoms with E-state index in [1.807, 2.05) is 4.90 Å². The molecule has 0 spiro atoms. The first-order valence-corrected chi connectivity index (χ1v) is 9.13. The van der Waals surface area contributed by atoms with E-state index in [0.717, 1.165) is 24.3 Å². The molecule has 24 heavy (non-hydrogen) atoms. The van der Waals surface area contributed by atoms with E-state index in [9.17, 15) is 4.79 Å². The topological polar surface area (TPSA) is 42.0 Å². The highest BCUT2D eigenvalue weighted by atomic mass is 16.5. The maximum absolute atomic E-state index is 12.7. The SMILES string of the molecule is O=C(C1CCOC1)N1CCOc2ccc(CN3CCCC3)cc2C1. The van der Waals surface area contributed by atoms with Crippen LogP contribution in [-0.2, 0) is 22.6 Å². The van der Waals surface area contributed by atoms with Crippen LogP contribution in [-0.4, -0.2) is 55.2 Å². The van der Waals surface area contributed by atoms with E-state index in [1.165, 1.54) is 31.5 Å². The van der Waals surface area contributed by atoms with Gasteiger partial charge in [0.2, 0.25) is 5.91 Å². The van der Waals surface area contributed by atoms with Crippen molar-refractivity contribution >= 4 is 5.91 Å². The van der Waals surface area contributed by atoms with Crippen LogP contribution in [0.5, 0.6) is 5.75 Å². The second-order valence-electron chi connectivity index (χ2n) is 7.09. The largest absolute Gasteiger partial charge is 0.491 e. The Labute approximate surface area is 143 Å². The molecule has 1 amide bonds. The number of hydrogen-bond donors (Lipinski definition) is 0. The number of ether oxygens (including phenoxy) is 2. The van der Waals surface area contributed by atoms with Crippen molar-refractivity contribution in [3.05, 3.63) is 29.3 Å². The maximum Gasteiger partial charge on any atom is 0.228 e. The van der Waals surface area contributed by atoms with Crippen molar-refractivity contribution in [3.63, 3.8) is 0 Å². The average molecular weight is 330 g/mol. The summed E-state index contributed by atoms with van der Waals surface area (Å²) in [7, 11) is 0. The zero-order valence-corrected chi connectivity index (χ0v) is 14.2. The molecule has 0 aromatic heterocycles. The molecule has 1 aromatic rings. The lowest BCUT2D eigenvalue weighted by Gasteiger charge is -2.23. The Hall–Kier alpha value is -1.59. The van der Waals surface area contributed by atoms with E-state index < -0.39 is 0 Å². The van der Waals surface area contributed by atoms with E-state index in [2.05, 4.69) is 23.1 Å². The van der Waals surface area contributed by atoms with Gasteiger partial charge in [-0.15, -0.1) is 0 Å². The highest BCUT2D eigenvalue weighted by molar-refractivity contribution is 5.79. The number of hydrogen-bond acceptors (Lipinski definition) is 4.